The van der Waals surface area contributed by atoms with Gasteiger partial charge in [0.25, 0.3) is 0 Å². The first-order chi connectivity index (χ1) is 10.7. The van der Waals surface area contributed by atoms with Gasteiger partial charge >= 0.3 is 5.97 Å². The Kier molecular flexibility index (Phi) is 3.92. The lowest BCUT2D eigenvalue weighted by Crippen LogP contribution is -2.20. The Balaban J connectivity index is 2.01. The van der Waals surface area contributed by atoms with Crippen LogP contribution >= 0.6 is 0 Å². The number of hydrogen-bond donors (Lipinski definition) is 0. The fourth-order valence-electron chi connectivity index (χ4n) is 2.82. The minimum absolute atomic E-state index is 0.224. The Hall–Kier alpha value is -2.61. The van der Waals surface area contributed by atoms with Crippen molar-refractivity contribution >= 4 is 22.7 Å². The summed E-state index contributed by atoms with van der Waals surface area (Å²) in [6, 6.07) is 9.77. The van der Waals surface area contributed by atoms with E-state index >= 15 is 0 Å². The van der Waals surface area contributed by atoms with Gasteiger partial charge < -0.3 is 9.64 Å². The molecule has 0 unspecified atom stereocenters. The number of ether oxygens (including phenoxy) is 1. The second-order valence-electron chi connectivity index (χ2n) is 5.45. The molecular weight excluding hydrogens is 278 g/mol. The molecule has 2 heterocycles. The predicted octanol–water partition coefficient (Wildman–Crippen LogP) is 2.42. The van der Waals surface area contributed by atoms with Crippen LogP contribution in [0.5, 0.6) is 0 Å². The average Bonchev–Trinajstić information content (AvgIpc) is 3.07. The fourth-order valence-corrected chi connectivity index (χ4v) is 2.82. The van der Waals surface area contributed by atoms with Gasteiger partial charge in [-0.25, -0.2) is 4.98 Å². The van der Waals surface area contributed by atoms with Gasteiger partial charge in [-0.3, -0.25) is 4.79 Å². The van der Waals surface area contributed by atoms with Gasteiger partial charge in [-0.1, -0.05) is 6.07 Å². The number of fused-ring (bicyclic) bond motifs is 1. The zero-order chi connectivity index (χ0) is 15.5. The van der Waals surface area contributed by atoms with E-state index in [1.807, 2.05) is 24.3 Å². The quantitative estimate of drug-likeness (QED) is 0.814. The number of pyridine rings is 1. The highest BCUT2D eigenvalue weighted by atomic mass is 16.5. The molecule has 1 fully saturated rings. The molecule has 0 bridgehead atoms. The fraction of sp³-hybridized carbons (Fsp3) is 0.353. The minimum atomic E-state index is -0.276. The zero-order valence-corrected chi connectivity index (χ0v) is 12.5. The highest BCUT2D eigenvalue weighted by molar-refractivity contribution is 5.85. The average molecular weight is 295 g/mol. The number of hydrogen-bond acceptors (Lipinski definition) is 5. The summed E-state index contributed by atoms with van der Waals surface area (Å²) in [6.07, 6.45) is 2.51. The maximum absolute atomic E-state index is 11.4. The van der Waals surface area contributed by atoms with Crippen molar-refractivity contribution in [3.8, 4) is 6.07 Å². The first kappa shape index (κ1) is 14.3. The largest absolute Gasteiger partial charge is 0.469 e. The predicted molar refractivity (Wildman–Crippen MR) is 83.6 cm³/mol. The summed E-state index contributed by atoms with van der Waals surface area (Å²) in [4.78, 5) is 18.2. The van der Waals surface area contributed by atoms with Crippen molar-refractivity contribution in [1.82, 2.24) is 4.98 Å². The van der Waals surface area contributed by atoms with Crippen molar-refractivity contribution in [3.05, 3.63) is 35.4 Å². The third-order valence-corrected chi connectivity index (χ3v) is 3.96. The van der Waals surface area contributed by atoms with Crippen LogP contribution < -0.4 is 4.90 Å². The summed E-state index contributed by atoms with van der Waals surface area (Å²) in [6.45, 7) is 1.90. The van der Waals surface area contributed by atoms with Crippen LogP contribution in [-0.2, 0) is 16.0 Å². The van der Waals surface area contributed by atoms with E-state index in [0.29, 0.717) is 5.56 Å². The van der Waals surface area contributed by atoms with Crippen molar-refractivity contribution in [3.63, 3.8) is 0 Å². The van der Waals surface area contributed by atoms with Crippen LogP contribution in [0.15, 0.2) is 24.3 Å². The molecule has 0 atom stereocenters. The van der Waals surface area contributed by atoms with Gasteiger partial charge in [-0.15, -0.1) is 0 Å². The Bertz CT molecular complexity index is 758. The van der Waals surface area contributed by atoms with Crippen LogP contribution in [-0.4, -0.2) is 31.2 Å². The normalized spacial score (nSPS) is 14.1. The smallest absolute Gasteiger partial charge is 0.309 e. The number of esters is 1. The van der Waals surface area contributed by atoms with E-state index in [1.54, 1.807) is 0 Å². The maximum atomic E-state index is 11.4. The molecule has 0 radical (unpaired) electrons. The molecule has 0 N–H and O–H groups in total. The van der Waals surface area contributed by atoms with Crippen LogP contribution in [0.2, 0.25) is 0 Å². The number of nitrogens with zero attached hydrogens (tertiary/aromatic N) is 3. The second-order valence-corrected chi connectivity index (χ2v) is 5.45. The molecule has 0 amide bonds. The van der Waals surface area contributed by atoms with E-state index < -0.39 is 0 Å². The number of methoxy groups -OCH3 is 1. The molecule has 22 heavy (non-hydrogen) atoms. The minimum Gasteiger partial charge on any atom is -0.469 e. The standard InChI is InChI=1S/C17H17N3O2/c1-22-16(21)9-12-4-5-15-13(8-12)10-14(11-18)17(19-15)20-6-2-3-7-20/h4-5,8,10H,2-3,6-7,9H2,1H3. The van der Waals surface area contributed by atoms with Crippen molar-refractivity contribution in [2.75, 3.05) is 25.1 Å². The van der Waals surface area contributed by atoms with Gasteiger partial charge in [-0.05, 0) is 36.6 Å². The van der Waals surface area contributed by atoms with E-state index in [2.05, 4.69) is 20.7 Å². The molecule has 0 saturated carbocycles. The van der Waals surface area contributed by atoms with Crippen molar-refractivity contribution < 1.29 is 9.53 Å². The molecule has 0 aliphatic carbocycles. The topological polar surface area (TPSA) is 66.2 Å². The first-order valence-electron chi connectivity index (χ1n) is 7.37. The van der Waals surface area contributed by atoms with E-state index in [0.717, 1.165) is 48.2 Å². The molecule has 5 nitrogen and oxygen atoms in total. The van der Waals surface area contributed by atoms with Crippen LogP contribution in [0.1, 0.15) is 24.0 Å². The number of carbonyl (C=O) groups is 1. The lowest BCUT2D eigenvalue weighted by atomic mass is 10.1. The number of rotatable bonds is 3. The molecule has 5 heteroatoms. The third kappa shape index (κ3) is 2.73. The van der Waals surface area contributed by atoms with Crippen LogP contribution in [0.4, 0.5) is 5.82 Å². The maximum Gasteiger partial charge on any atom is 0.309 e. The Morgan fingerprint density at radius 3 is 2.82 bits per heavy atom. The Morgan fingerprint density at radius 1 is 1.36 bits per heavy atom. The van der Waals surface area contributed by atoms with Gasteiger partial charge in [0, 0.05) is 18.5 Å². The lowest BCUT2D eigenvalue weighted by Gasteiger charge is -2.18. The summed E-state index contributed by atoms with van der Waals surface area (Å²) < 4.78 is 4.68. The van der Waals surface area contributed by atoms with Gasteiger partial charge in [0.1, 0.15) is 11.9 Å². The highest BCUT2D eigenvalue weighted by Gasteiger charge is 2.18. The number of aromatic nitrogens is 1. The van der Waals surface area contributed by atoms with Crippen LogP contribution in [0.25, 0.3) is 10.9 Å². The number of benzene rings is 1. The highest BCUT2D eigenvalue weighted by Crippen LogP contribution is 2.26. The van der Waals surface area contributed by atoms with Gasteiger partial charge in [-0.2, -0.15) is 5.26 Å². The molecule has 3 rings (SSSR count). The number of nitriles is 1. The van der Waals surface area contributed by atoms with Crippen molar-refractivity contribution in [2.24, 2.45) is 0 Å². The van der Waals surface area contributed by atoms with Gasteiger partial charge in [0.2, 0.25) is 0 Å². The molecule has 1 aromatic carbocycles. The Labute approximate surface area is 129 Å². The first-order valence-corrected chi connectivity index (χ1v) is 7.37. The molecule has 1 saturated heterocycles. The van der Waals surface area contributed by atoms with E-state index in [1.165, 1.54) is 7.11 Å². The molecule has 1 aromatic heterocycles. The summed E-state index contributed by atoms with van der Waals surface area (Å²) in [5, 5.41) is 10.3. The summed E-state index contributed by atoms with van der Waals surface area (Å²) in [7, 11) is 1.38. The van der Waals surface area contributed by atoms with Crippen molar-refractivity contribution in [2.45, 2.75) is 19.3 Å². The van der Waals surface area contributed by atoms with E-state index in [-0.39, 0.29) is 12.4 Å². The molecule has 0 spiro atoms. The molecule has 112 valence electrons. The SMILES string of the molecule is COC(=O)Cc1ccc2nc(N3CCCC3)c(C#N)cc2c1. The number of anilines is 1. The zero-order valence-electron chi connectivity index (χ0n) is 12.5. The molecular formula is C17H17N3O2. The lowest BCUT2D eigenvalue weighted by molar-refractivity contribution is -0.139. The van der Waals surface area contributed by atoms with E-state index in [4.69, 9.17) is 0 Å². The van der Waals surface area contributed by atoms with E-state index in [9.17, 15) is 10.1 Å². The monoisotopic (exact) mass is 295 g/mol. The van der Waals surface area contributed by atoms with Gasteiger partial charge in [0.05, 0.1) is 24.6 Å². The Morgan fingerprint density at radius 2 is 2.14 bits per heavy atom. The summed E-state index contributed by atoms with van der Waals surface area (Å²) in [5.74, 6) is 0.495. The van der Waals surface area contributed by atoms with Crippen LogP contribution in [0.3, 0.4) is 0 Å². The summed E-state index contributed by atoms with van der Waals surface area (Å²) >= 11 is 0. The third-order valence-electron chi connectivity index (χ3n) is 3.96. The van der Waals surface area contributed by atoms with Gasteiger partial charge in [0.15, 0.2) is 0 Å². The number of carbonyl (C=O) groups excluding carboxylic acids is 1. The molecule has 1 aliphatic heterocycles. The van der Waals surface area contributed by atoms with Crippen LogP contribution in [0, 0.1) is 11.3 Å². The second kappa shape index (κ2) is 6.02. The van der Waals surface area contributed by atoms with Crippen molar-refractivity contribution in [1.29, 1.82) is 5.26 Å². The molecule has 1 aliphatic rings. The summed E-state index contributed by atoms with van der Waals surface area (Å²) in [5.41, 5.74) is 2.29. The molecule has 2 aromatic rings.